The molecule has 1 aliphatic rings. The Kier molecular flexibility index (Phi) is 6.98. The third kappa shape index (κ3) is 5.53. The minimum absolute atomic E-state index is 0.0184. The Morgan fingerprint density at radius 1 is 1.00 bits per heavy atom. The largest absolute Gasteiger partial charge is 0.454 e. The van der Waals surface area contributed by atoms with E-state index >= 15 is 0 Å². The van der Waals surface area contributed by atoms with E-state index in [1.807, 2.05) is 63.2 Å². The lowest BCUT2D eigenvalue weighted by atomic mass is 10.1. The van der Waals surface area contributed by atoms with Crippen LogP contribution < -0.4 is 14.8 Å². The summed E-state index contributed by atoms with van der Waals surface area (Å²) in [7, 11) is 0. The first-order valence-electron chi connectivity index (χ1n) is 10.4. The molecule has 2 aromatic rings. The molecule has 0 saturated heterocycles. The lowest BCUT2D eigenvalue weighted by Gasteiger charge is -2.29. The zero-order valence-corrected chi connectivity index (χ0v) is 18.1. The smallest absolute Gasteiger partial charge is 0.242 e. The molecule has 0 fully saturated rings. The summed E-state index contributed by atoms with van der Waals surface area (Å²) in [5.74, 6) is 1.24. The van der Waals surface area contributed by atoms with Crippen molar-refractivity contribution in [1.82, 2.24) is 10.2 Å². The van der Waals surface area contributed by atoms with Gasteiger partial charge in [0.05, 0.1) is 0 Å². The number of benzene rings is 2. The van der Waals surface area contributed by atoms with E-state index in [0.29, 0.717) is 25.1 Å². The number of nitrogens with one attached hydrogen (secondary N) is 1. The van der Waals surface area contributed by atoms with Crippen molar-refractivity contribution in [1.29, 1.82) is 0 Å². The fourth-order valence-corrected chi connectivity index (χ4v) is 3.37. The summed E-state index contributed by atoms with van der Waals surface area (Å²) in [4.78, 5) is 27.4. The number of carbonyl (C=O) groups excluding carboxylic acids is 2. The van der Waals surface area contributed by atoms with E-state index in [1.54, 1.807) is 11.8 Å². The van der Waals surface area contributed by atoms with Crippen LogP contribution >= 0.6 is 0 Å². The van der Waals surface area contributed by atoms with Crippen LogP contribution in [0.3, 0.4) is 0 Å². The third-order valence-electron chi connectivity index (χ3n) is 5.14. The monoisotopic (exact) mass is 410 g/mol. The Morgan fingerprint density at radius 3 is 2.37 bits per heavy atom. The maximum absolute atomic E-state index is 13.1. The molecule has 6 nitrogen and oxygen atoms in total. The fraction of sp³-hybridized carbons (Fsp3) is 0.417. The van der Waals surface area contributed by atoms with Crippen molar-refractivity contribution in [2.45, 2.75) is 59.2 Å². The van der Waals surface area contributed by atoms with Crippen LogP contribution in [0.4, 0.5) is 0 Å². The summed E-state index contributed by atoms with van der Waals surface area (Å²) < 4.78 is 10.8. The molecule has 1 aliphatic heterocycles. The number of hydrogen-bond donors (Lipinski definition) is 1. The van der Waals surface area contributed by atoms with Gasteiger partial charge in [-0.15, -0.1) is 0 Å². The van der Waals surface area contributed by atoms with E-state index in [9.17, 15) is 9.59 Å². The molecule has 1 atom stereocenters. The molecule has 2 aromatic carbocycles. The highest BCUT2D eigenvalue weighted by atomic mass is 16.7. The fourth-order valence-electron chi connectivity index (χ4n) is 3.37. The van der Waals surface area contributed by atoms with Gasteiger partial charge < -0.3 is 19.7 Å². The Hall–Kier alpha value is -3.02. The molecule has 0 bridgehead atoms. The van der Waals surface area contributed by atoms with Gasteiger partial charge in [0.15, 0.2) is 11.5 Å². The standard InChI is InChI=1S/C24H30N2O4/c1-16(2)25-24(28)18(4)26(14-20-7-5-17(3)6-8-20)23(27)12-10-19-9-11-21-22(13-19)30-15-29-21/h5-9,11,13,16,18H,10,12,14-15H2,1-4H3,(H,25,28). The van der Waals surface area contributed by atoms with Crippen LogP contribution in [0.2, 0.25) is 0 Å². The number of rotatable bonds is 8. The predicted molar refractivity (Wildman–Crippen MR) is 115 cm³/mol. The van der Waals surface area contributed by atoms with Gasteiger partial charge in [0.25, 0.3) is 0 Å². The summed E-state index contributed by atoms with van der Waals surface area (Å²) in [5, 5.41) is 2.91. The van der Waals surface area contributed by atoms with Gasteiger partial charge in [-0.3, -0.25) is 9.59 Å². The van der Waals surface area contributed by atoms with E-state index in [0.717, 1.165) is 22.4 Å². The predicted octanol–water partition coefficient (Wildman–Crippen LogP) is 3.60. The zero-order chi connectivity index (χ0) is 21.7. The maximum Gasteiger partial charge on any atom is 0.242 e. The molecule has 0 saturated carbocycles. The summed E-state index contributed by atoms with van der Waals surface area (Å²) >= 11 is 0. The van der Waals surface area contributed by atoms with Crippen LogP contribution in [-0.2, 0) is 22.6 Å². The van der Waals surface area contributed by atoms with Crippen LogP contribution in [0.15, 0.2) is 42.5 Å². The molecule has 1 N–H and O–H groups in total. The van der Waals surface area contributed by atoms with Crippen LogP contribution in [0.25, 0.3) is 0 Å². The number of nitrogens with zero attached hydrogens (tertiary/aromatic N) is 1. The lowest BCUT2D eigenvalue weighted by molar-refractivity contribution is -0.140. The zero-order valence-electron chi connectivity index (χ0n) is 18.1. The molecule has 1 heterocycles. The number of aryl methyl sites for hydroxylation is 2. The van der Waals surface area contributed by atoms with Crippen LogP contribution in [-0.4, -0.2) is 35.6 Å². The van der Waals surface area contributed by atoms with Crippen molar-refractivity contribution >= 4 is 11.8 Å². The molecule has 1 unspecified atom stereocenters. The Morgan fingerprint density at radius 2 is 1.67 bits per heavy atom. The molecule has 2 amide bonds. The summed E-state index contributed by atoms with van der Waals surface area (Å²) in [6.07, 6.45) is 0.878. The highest BCUT2D eigenvalue weighted by Crippen LogP contribution is 2.32. The third-order valence-corrected chi connectivity index (χ3v) is 5.14. The molecule has 6 heteroatoms. The minimum atomic E-state index is -0.557. The highest BCUT2D eigenvalue weighted by molar-refractivity contribution is 5.87. The Labute approximate surface area is 178 Å². The van der Waals surface area contributed by atoms with Crippen LogP contribution in [0.5, 0.6) is 11.5 Å². The minimum Gasteiger partial charge on any atom is -0.454 e. The van der Waals surface area contributed by atoms with E-state index < -0.39 is 6.04 Å². The Balaban J connectivity index is 1.71. The van der Waals surface area contributed by atoms with Gasteiger partial charge in [0, 0.05) is 19.0 Å². The molecule has 0 radical (unpaired) electrons. The summed E-state index contributed by atoms with van der Waals surface area (Å²) in [6.45, 7) is 8.26. The molecule has 0 aromatic heterocycles. The van der Waals surface area contributed by atoms with Crippen molar-refractivity contribution in [2.24, 2.45) is 0 Å². The van der Waals surface area contributed by atoms with Gasteiger partial charge in [-0.2, -0.15) is 0 Å². The molecule has 3 rings (SSSR count). The number of fused-ring (bicyclic) bond motifs is 1. The topological polar surface area (TPSA) is 67.9 Å². The number of carbonyl (C=O) groups is 2. The van der Waals surface area contributed by atoms with Crippen molar-refractivity contribution in [3.8, 4) is 11.5 Å². The number of amides is 2. The van der Waals surface area contributed by atoms with Crippen molar-refractivity contribution < 1.29 is 19.1 Å². The van der Waals surface area contributed by atoms with Gasteiger partial charge in [-0.1, -0.05) is 35.9 Å². The molecular weight excluding hydrogens is 380 g/mol. The second-order valence-corrected chi connectivity index (χ2v) is 8.03. The number of hydrogen-bond acceptors (Lipinski definition) is 4. The van der Waals surface area contributed by atoms with Crippen molar-refractivity contribution in [3.05, 3.63) is 59.2 Å². The van der Waals surface area contributed by atoms with Crippen molar-refractivity contribution in [2.75, 3.05) is 6.79 Å². The highest BCUT2D eigenvalue weighted by Gasteiger charge is 2.26. The van der Waals surface area contributed by atoms with Gasteiger partial charge >= 0.3 is 0 Å². The van der Waals surface area contributed by atoms with Gasteiger partial charge in [0.2, 0.25) is 18.6 Å². The van der Waals surface area contributed by atoms with E-state index in [4.69, 9.17) is 9.47 Å². The first-order valence-corrected chi connectivity index (χ1v) is 10.4. The molecule has 30 heavy (non-hydrogen) atoms. The second kappa shape index (κ2) is 9.65. The first kappa shape index (κ1) is 21.7. The maximum atomic E-state index is 13.1. The SMILES string of the molecule is Cc1ccc(CN(C(=O)CCc2ccc3c(c2)OCO3)C(C)C(=O)NC(C)C)cc1. The Bertz CT molecular complexity index is 893. The van der Waals surface area contributed by atoms with Gasteiger partial charge in [0.1, 0.15) is 6.04 Å². The molecular formula is C24H30N2O4. The molecule has 160 valence electrons. The first-order chi connectivity index (χ1) is 14.3. The number of ether oxygens (including phenoxy) is 2. The lowest BCUT2D eigenvalue weighted by Crippen LogP contribution is -2.49. The van der Waals surface area contributed by atoms with E-state index in [1.165, 1.54) is 0 Å². The average molecular weight is 411 g/mol. The van der Waals surface area contributed by atoms with Gasteiger partial charge in [-0.05, 0) is 57.4 Å². The second-order valence-electron chi connectivity index (χ2n) is 8.03. The average Bonchev–Trinajstić information content (AvgIpc) is 3.18. The van der Waals surface area contributed by atoms with Crippen molar-refractivity contribution in [3.63, 3.8) is 0 Å². The quantitative estimate of drug-likeness (QED) is 0.722. The summed E-state index contributed by atoms with van der Waals surface area (Å²) in [5.41, 5.74) is 3.16. The van der Waals surface area contributed by atoms with E-state index in [-0.39, 0.29) is 24.6 Å². The van der Waals surface area contributed by atoms with E-state index in [2.05, 4.69) is 5.32 Å². The summed E-state index contributed by atoms with van der Waals surface area (Å²) in [6, 6.07) is 13.2. The van der Waals surface area contributed by atoms with Crippen LogP contribution in [0, 0.1) is 6.92 Å². The molecule has 0 spiro atoms. The normalized spacial score (nSPS) is 13.2. The van der Waals surface area contributed by atoms with Crippen LogP contribution in [0.1, 0.15) is 43.9 Å². The molecule has 0 aliphatic carbocycles. The van der Waals surface area contributed by atoms with Gasteiger partial charge in [-0.25, -0.2) is 0 Å².